The SMILES string of the molecule is CCN(CC)c1ccc(N=Nc2cc(Cl)c(S(=O)(=O)O)cc2Cl)c(N)c1. The van der Waals surface area contributed by atoms with Crippen LogP contribution < -0.4 is 10.6 Å². The van der Waals surface area contributed by atoms with Gasteiger partial charge in [-0.05, 0) is 44.2 Å². The molecule has 0 saturated carbocycles. The Morgan fingerprint density at radius 2 is 1.65 bits per heavy atom. The Kier molecular flexibility index (Phi) is 6.46. The fraction of sp³-hybridized carbons (Fsp3) is 0.250. The summed E-state index contributed by atoms with van der Waals surface area (Å²) in [6, 6.07) is 7.64. The lowest BCUT2D eigenvalue weighted by atomic mass is 10.2. The third-order valence-corrected chi connectivity index (χ3v) is 5.31. The molecule has 0 aromatic heterocycles. The van der Waals surface area contributed by atoms with E-state index in [0.717, 1.165) is 24.8 Å². The van der Waals surface area contributed by atoms with Crippen LogP contribution in [0.1, 0.15) is 13.8 Å². The molecular formula is C16H18Cl2N4O3S. The van der Waals surface area contributed by atoms with Crippen molar-refractivity contribution >= 4 is 56.1 Å². The zero-order valence-corrected chi connectivity index (χ0v) is 16.5. The summed E-state index contributed by atoms with van der Waals surface area (Å²) in [4.78, 5) is 1.65. The Morgan fingerprint density at radius 3 is 2.19 bits per heavy atom. The van der Waals surface area contributed by atoms with E-state index in [0.29, 0.717) is 11.4 Å². The first-order chi connectivity index (χ1) is 12.2. The Balaban J connectivity index is 2.34. The molecule has 0 saturated heterocycles. The van der Waals surface area contributed by atoms with Crippen molar-refractivity contribution in [1.82, 2.24) is 0 Å². The summed E-state index contributed by atoms with van der Waals surface area (Å²) in [6.07, 6.45) is 0. The van der Waals surface area contributed by atoms with Crippen molar-refractivity contribution in [3.8, 4) is 0 Å². The van der Waals surface area contributed by atoms with Gasteiger partial charge < -0.3 is 10.6 Å². The maximum absolute atomic E-state index is 11.2. The van der Waals surface area contributed by atoms with Crippen molar-refractivity contribution in [2.24, 2.45) is 10.2 Å². The van der Waals surface area contributed by atoms with E-state index in [2.05, 4.69) is 29.0 Å². The summed E-state index contributed by atoms with van der Waals surface area (Å²) >= 11 is 11.8. The number of nitrogen functional groups attached to an aromatic ring is 1. The molecule has 3 N–H and O–H groups in total. The van der Waals surface area contributed by atoms with Crippen molar-refractivity contribution < 1.29 is 13.0 Å². The predicted molar refractivity (Wildman–Crippen MR) is 105 cm³/mol. The maximum atomic E-state index is 11.2. The van der Waals surface area contributed by atoms with Gasteiger partial charge in [-0.15, -0.1) is 10.2 Å². The molecular weight excluding hydrogens is 399 g/mol. The van der Waals surface area contributed by atoms with Gasteiger partial charge in [-0.1, -0.05) is 23.2 Å². The first kappa shape index (κ1) is 20.4. The molecule has 0 spiro atoms. The minimum absolute atomic E-state index is 0.0240. The lowest BCUT2D eigenvalue weighted by Gasteiger charge is -2.21. The normalized spacial score (nSPS) is 11.9. The predicted octanol–water partition coefficient (Wildman–Crippen LogP) is 5.08. The van der Waals surface area contributed by atoms with Crippen LogP contribution in [0.15, 0.2) is 45.5 Å². The topological polar surface area (TPSA) is 108 Å². The van der Waals surface area contributed by atoms with E-state index in [1.807, 2.05) is 6.07 Å². The van der Waals surface area contributed by atoms with Gasteiger partial charge in [-0.25, -0.2) is 0 Å². The number of nitrogens with zero attached hydrogens (tertiary/aromatic N) is 3. The van der Waals surface area contributed by atoms with Gasteiger partial charge in [0, 0.05) is 18.8 Å². The highest BCUT2D eigenvalue weighted by atomic mass is 35.5. The molecule has 0 aliphatic rings. The summed E-state index contributed by atoms with van der Waals surface area (Å²) in [6.45, 7) is 5.81. The fourth-order valence-corrected chi connectivity index (χ4v) is 3.61. The van der Waals surface area contributed by atoms with Gasteiger partial charge in [0.2, 0.25) is 0 Å². The van der Waals surface area contributed by atoms with Crippen LogP contribution in [0.5, 0.6) is 0 Å². The van der Waals surface area contributed by atoms with Crippen molar-refractivity contribution in [3.63, 3.8) is 0 Å². The molecule has 0 bridgehead atoms. The van der Waals surface area contributed by atoms with E-state index >= 15 is 0 Å². The minimum Gasteiger partial charge on any atom is -0.397 e. The Hall–Kier alpha value is -1.87. The number of azo groups is 1. The molecule has 7 nitrogen and oxygen atoms in total. The van der Waals surface area contributed by atoms with Crippen LogP contribution in [0.4, 0.5) is 22.7 Å². The Bertz CT molecular complexity index is 945. The monoisotopic (exact) mass is 416 g/mol. The second kappa shape index (κ2) is 8.22. The summed E-state index contributed by atoms with van der Waals surface area (Å²) < 4.78 is 31.5. The van der Waals surface area contributed by atoms with E-state index < -0.39 is 15.0 Å². The van der Waals surface area contributed by atoms with E-state index in [1.54, 1.807) is 12.1 Å². The summed E-state index contributed by atoms with van der Waals surface area (Å²) in [5.41, 5.74) is 8.03. The largest absolute Gasteiger partial charge is 0.397 e. The molecule has 0 fully saturated rings. The molecule has 0 aliphatic heterocycles. The maximum Gasteiger partial charge on any atom is 0.296 e. The number of halogens is 2. The van der Waals surface area contributed by atoms with Gasteiger partial charge in [-0.3, -0.25) is 4.55 Å². The molecule has 10 heteroatoms. The number of nitrogens with two attached hydrogens (primary N) is 1. The van der Waals surface area contributed by atoms with Gasteiger partial charge in [0.1, 0.15) is 16.3 Å². The lowest BCUT2D eigenvalue weighted by molar-refractivity contribution is 0.483. The van der Waals surface area contributed by atoms with Crippen molar-refractivity contribution in [1.29, 1.82) is 0 Å². The smallest absolute Gasteiger partial charge is 0.296 e. The Morgan fingerprint density at radius 1 is 1.04 bits per heavy atom. The minimum atomic E-state index is -4.48. The molecule has 2 aromatic rings. The summed E-state index contributed by atoms with van der Waals surface area (Å²) in [5, 5.41) is 7.79. The molecule has 2 aromatic carbocycles. The molecule has 0 atom stereocenters. The third kappa shape index (κ3) is 4.64. The summed E-state index contributed by atoms with van der Waals surface area (Å²) in [5.74, 6) is 0. The highest BCUT2D eigenvalue weighted by molar-refractivity contribution is 7.86. The van der Waals surface area contributed by atoms with Gasteiger partial charge in [0.25, 0.3) is 10.1 Å². The van der Waals surface area contributed by atoms with Crippen molar-refractivity contribution in [3.05, 3.63) is 40.4 Å². The second-order valence-electron chi connectivity index (χ2n) is 5.32. The lowest BCUT2D eigenvalue weighted by Crippen LogP contribution is -2.21. The molecule has 0 unspecified atom stereocenters. The van der Waals surface area contributed by atoms with Crippen LogP contribution in [0.3, 0.4) is 0 Å². The van der Waals surface area contributed by atoms with Crippen molar-refractivity contribution in [2.45, 2.75) is 18.7 Å². The highest BCUT2D eigenvalue weighted by Crippen LogP contribution is 2.35. The number of anilines is 2. The Labute approximate surface area is 162 Å². The van der Waals surface area contributed by atoms with Gasteiger partial charge in [0.05, 0.1) is 15.7 Å². The molecule has 0 heterocycles. The van der Waals surface area contributed by atoms with Crippen LogP contribution in [-0.4, -0.2) is 26.1 Å². The van der Waals surface area contributed by atoms with Crippen LogP contribution in [0, 0.1) is 0 Å². The molecule has 0 radical (unpaired) electrons. The standard InChI is InChI=1S/C16H18Cl2N4O3S/c1-3-22(4-2)10-5-6-14(13(19)7-10)20-21-15-8-12(18)16(9-11(15)17)26(23,24)25/h5-9H,3-4,19H2,1-2H3,(H,23,24,25). The summed E-state index contributed by atoms with van der Waals surface area (Å²) in [7, 11) is -4.48. The third-order valence-electron chi connectivity index (χ3n) is 3.68. The van der Waals surface area contributed by atoms with E-state index in [4.69, 9.17) is 33.5 Å². The molecule has 2 rings (SSSR count). The van der Waals surface area contributed by atoms with Gasteiger partial charge >= 0.3 is 0 Å². The van der Waals surface area contributed by atoms with Crippen LogP contribution in [0.25, 0.3) is 0 Å². The van der Waals surface area contributed by atoms with E-state index in [-0.39, 0.29) is 15.7 Å². The second-order valence-corrected chi connectivity index (χ2v) is 7.53. The first-order valence-corrected chi connectivity index (χ1v) is 9.89. The molecule has 26 heavy (non-hydrogen) atoms. The fourth-order valence-electron chi connectivity index (χ4n) is 2.32. The number of benzene rings is 2. The quantitative estimate of drug-likeness (QED) is 0.387. The van der Waals surface area contributed by atoms with Crippen LogP contribution in [0.2, 0.25) is 10.0 Å². The molecule has 140 valence electrons. The average Bonchev–Trinajstić information content (AvgIpc) is 2.56. The highest BCUT2D eigenvalue weighted by Gasteiger charge is 2.17. The van der Waals surface area contributed by atoms with Crippen LogP contribution in [-0.2, 0) is 10.1 Å². The zero-order valence-electron chi connectivity index (χ0n) is 14.1. The average molecular weight is 417 g/mol. The van der Waals surface area contributed by atoms with E-state index in [9.17, 15) is 8.42 Å². The molecule has 0 amide bonds. The van der Waals surface area contributed by atoms with E-state index in [1.165, 1.54) is 6.07 Å². The van der Waals surface area contributed by atoms with Gasteiger partial charge in [0.15, 0.2) is 0 Å². The number of rotatable bonds is 6. The van der Waals surface area contributed by atoms with Crippen LogP contribution >= 0.6 is 23.2 Å². The number of hydrogen-bond acceptors (Lipinski definition) is 6. The van der Waals surface area contributed by atoms with Crippen molar-refractivity contribution in [2.75, 3.05) is 23.7 Å². The van der Waals surface area contributed by atoms with Gasteiger partial charge in [-0.2, -0.15) is 8.42 Å². The number of hydrogen-bond donors (Lipinski definition) is 2. The first-order valence-electron chi connectivity index (χ1n) is 7.70. The molecule has 0 aliphatic carbocycles. The zero-order chi connectivity index (χ0) is 19.5.